The molecule has 0 aliphatic carbocycles. The number of rotatable bonds is 3. The molecular weight excluding hydrogens is 154 g/mol. The van der Waals surface area contributed by atoms with Crippen LogP contribution in [0.25, 0.3) is 0 Å². The molecule has 0 radical (unpaired) electrons. The van der Waals surface area contributed by atoms with Gasteiger partial charge in [0.15, 0.2) is 0 Å². The Labute approximate surface area is 73.5 Å². The van der Waals surface area contributed by atoms with Gasteiger partial charge in [-0.05, 0) is 27.7 Å². The van der Waals surface area contributed by atoms with E-state index in [1.807, 2.05) is 6.92 Å². The molecule has 2 N–H and O–H groups in total. The second-order valence-corrected chi connectivity index (χ2v) is 2.97. The van der Waals surface area contributed by atoms with Crippen LogP contribution in [0.1, 0.15) is 27.7 Å². The van der Waals surface area contributed by atoms with Crippen molar-refractivity contribution in [2.45, 2.75) is 39.8 Å². The fraction of sp³-hybridized carbons (Fsp3) is 0.667. The largest absolute Gasteiger partial charge is 0.391 e. The lowest BCUT2D eigenvalue weighted by molar-refractivity contribution is -0.118. The number of nitrogens with one attached hydrogen (secondary N) is 1. The van der Waals surface area contributed by atoms with Gasteiger partial charge in [0.1, 0.15) is 0 Å². The third-order valence-corrected chi connectivity index (χ3v) is 1.87. The zero-order valence-corrected chi connectivity index (χ0v) is 8.09. The molecule has 0 bridgehead atoms. The van der Waals surface area contributed by atoms with Gasteiger partial charge in [-0.15, -0.1) is 0 Å². The van der Waals surface area contributed by atoms with Crippen LogP contribution in [0.2, 0.25) is 0 Å². The molecule has 70 valence electrons. The highest BCUT2D eigenvalue weighted by Gasteiger charge is 2.11. The normalized spacial score (nSPS) is 16.9. The molecular formula is C9H17NO2. The van der Waals surface area contributed by atoms with Crippen molar-refractivity contribution < 1.29 is 9.90 Å². The van der Waals surface area contributed by atoms with E-state index in [-0.39, 0.29) is 11.9 Å². The number of carbonyl (C=O) groups is 1. The van der Waals surface area contributed by atoms with Gasteiger partial charge in [-0.2, -0.15) is 0 Å². The summed E-state index contributed by atoms with van der Waals surface area (Å²) >= 11 is 0. The Morgan fingerprint density at radius 1 is 1.50 bits per heavy atom. The summed E-state index contributed by atoms with van der Waals surface area (Å²) < 4.78 is 0. The SMILES string of the molecule is C/C=C(/C)C(=O)NC(C)C(C)O. The van der Waals surface area contributed by atoms with E-state index < -0.39 is 6.10 Å². The molecule has 3 nitrogen and oxygen atoms in total. The summed E-state index contributed by atoms with van der Waals surface area (Å²) in [5.74, 6) is -0.120. The summed E-state index contributed by atoms with van der Waals surface area (Å²) in [5.41, 5.74) is 0.669. The zero-order chi connectivity index (χ0) is 9.72. The van der Waals surface area contributed by atoms with E-state index in [9.17, 15) is 4.79 Å². The smallest absolute Gasteiger partial charge is 0.246 e. The molecule has 3 heteroatoms. The lowest BCUT2D eigenvalue weighted by Crippen LogP contribution is -2.40. The van der Waals surface area contributed by atoms with Crippen LogP contribution >= 0.6 is 0 Å². The second kappa shape index (κ2) is 4.93. The van der Waals surface area contributed by atoms with E-state index in [0.29, 0.717) is 5.57 Å². The second-order valence-electron chi connectivity index (χ2n) is 2.97. The van der Waals surface area contributed by atoms with Gasteiger partial charge in [0.2, 0.25) is 5.91 Å². The molecule has 0 heterocycles. The molecule has 2 unspecified atom stereocenters. The van der Waals surface area contributed by atoms with Gasteiger partial charge in [0, 0.05) is 5.57 Å². The third kappa shape index (κ3) is 3.53. The van der Waals surface area contributed by atoms with Crippen molar-refractivity contribution in [3.63, 3.8) is 0 Å². The summed E-state index contributed by atoms with van der Waals surface area (Å²) in [6.07, 6.45) is 1.22. The van der Waals surface area contributed by atoms with Crippen molar-refractivity contribution in [2.24, 2.45) is 0 Å². The lowest BCUT2D eigenvalue weighted by atomic mass is 10.2. The zero-order valence-electron chi connectivity index (χ0n) is 8.09. The number of carbonyl (C=O) groups excluding carboxylic acids is 1. The van der Waals surface area contributed by atoms with Gasteiger partial charge in [-0.1, -0.05) is 6.08 Å². The first-order chi connectivity index (χ1) is 5.49. The quantitative estimate of drug-likeness (QED) is 0.618. The van der Waals surface area contributed by atoms with Crippen molar-refractivity contribution in [1.82, 2.24) is 5.32 Å². The Balaban J connectivity index is 4.02. The van der Waals surface area contributed by atoms with Crippen LogP contribution < -0.4 is 5.32 Å². The number of aliphatic hydroxyl groups is 1. The Morgan fingerprint density at radius 2 is 2.00 bits per heavy atom. The minimum atomic E-state index is -0.515. The molecule has 0 aliphatic heterocycles. The van der Waals surface area contributed by atoms with Crippen LogP contribution in [0.5, 0.6) is 0 Å². The van der Waals surface area contributed by atoms with Crippen LogP contribution in [0.15, 0.2) is 11.6 Å². The molecule has 0 fully saturated rings. The van der Waals surface area contributed by atoms with E-state index in [4.69, 9.17) is 5.11 Å². The van der Waals surface area contributed by atoms with Gasteiger partial charge < -0.3 is 10.4 Å². The Hall–Kier alpha value is -0.830. The van der Waals surface area contributed by atoms with E-state index in [2.05, 4.69) is 5.32 Å². The third-order valence-electron chi connectivity index (χ3n) is 1.87. The molecule has 0 aromatic rings. The minimum Gasteiger partial charge on any atom is -0.391 e. The highest BCUT2D eigenvalue weighted by atomic mass is 16.3. The fourth-order valence-corrected chi connectivity index (χ4v) is 0.572. The van der Waals surface area contributed by atoms with Gasteiger partial charge in [-0.25, -0.2) is 0 Å². The fourth-order valence-electron chi connectivity index (χ4n) is 0.572. The van der Waals surface area contributed by atoms with Crippen LogP contribution in [0.3, 0.4) is 0 Å². The molecule has 0 spiro atoms. The molecule has 1 amide bonds. The van der Waals surface area contributed by atoms with Gasteiger partial charge in [0.25, 0.3) is 0 Å². The monoisotopic (exact) mass is 171 g/mol. The summed E-state index contributed by atoms with van der Waals surface area (Å²) in [4.78, 5) is 11.2. The summed E-state index contributed by atoms with van der Waals surface area (Å²) in [6.45, 7) is 6.97. The number of hydrogen-bond acceptors (Lipinski definition) is 2. The maximum absolute atomic E-state index is 11.2. The summed E-state index contributed by atoms with van der Waals surface area (Å²) in [5, 5.41) is 11.8. The predicted molar refractivity (Wildman–Crippen MR) is 48.7 cm³/mol. The van der Waals surface area contributed by atoms with Gasteiger partial charge >= 0.3 is 0 Å². The molecule has 0 saturated heterocycles. The van der Waals surface area contributed by atoms with Crippen molar-refractivity contribution >= 4 is 5.91 Å². The Morgan fingerprint density at radius 3 is 2.33 bits per heavy atom. The topological polar surface area (TPSA) is 49.3 Å². The molecule has 0 aromatic carbocycles. The lowest BCUT2D eigenvalue weighted by Gasteiger charge is -2.16. The standard InChI is InChI=1S/C9H17NO2/c1-5-6(2)9(12)10-7(3)8(4)11/h5,7-8,11H,1-4H3,(H,10,12)/b6-5-. The van der Waals surface area contributed by atoms with E-state index in [1.54, 1.807) is 26.8 Å². The van der Waals surface area contributed by atoms with Crippen molar-refractivity contribution in [1.29, 1.82) is 0 Å². The summed E-state index contributed by atoms with van der Waals surface area (Å²) in [7, 11) is 0. The molecule has 0 aliphatic rings. The van der Waals surface area contributed by atoms with Crippen LogP contribution in [-0.2, 0) is 4.79 Å². The summed E-state index contributed by atoms with van der Waals surface area (Å²) in [6, 6.07) is -0.201. The maximum atomic E-state index is 11.2. The Kier molecular flexibility index (Phi) is 4.59. The van der Waals surface area contributed by atoms with Crippen molar-refractivity contribution in [2.75, 3.05) is 0 Å². The molecule has 2 atom stereocenters. The first-order valence-electron chi connectivity index (χ1n) is 4.11. The molecule has 0 saturated carbocycles. The van der Waals surface area contributed by atoms with Crippen LogP contribution in [-0.4, -0.2) is 23.2 Å². The number of hydrogen-bond donors (Lipinski definition) is 2. The van der Waals surface area contributed by atoms with Crippen molar-refractivity contribution in [3.05, 3.63) is 11.6 Å². The predicted octanol–water partition coefficient (Wildman–Crippen LogP) is 0.838. The average molecular weight is 171 g/mol. The number of amides is 1. The van der Waals surface area contributed by atoms with Gasteiger partial charge in [-0.3, -0.25) is 4.79 Å². The molecule has 12 heavy (non-hydrogen) atoms. The van der Waals surface area contributed by atoms with E-state index >= 15 is 0 Å². The van der Waals surface area contributed by atoms with Crippen LogP contribution in [0.4, 0.5) is 0 Å². The number of allylic oxidation sites excluding steroid dienone is 1. The maximum Gasteiger partial charge on any atom is 0.246 e. The average Bonchev–Trinajstić information content (AvgIpc) is 2.02. The highest BCUT2D eigenvalue weighted by Crippen LogP contribution is 1.95. The van der Waals surface area contributed by atoms with E-state index in [1.165, 1.54) is 0 Å². The molecule has 0 rings (SSSR count). The first-order valence-corrected chi connectivity index (χ1v) is 4.11. The van der Waals surface area contributed by atoms with E-state index in [0.717, 1.165) is 0 Å². The number of aliphatic hydroxyl groups excluding tert-OH is 1. The van der Waals surface area contributed by atoms with Crippen LogP contribution in [0, 0.1) is 0 Å². The first kappa shape index (κ1) is 11.2. The molecule has 0 aromatic heterocycles. The minimum absolute atomic E-state index is 0.120. The van der Waals surface area contributed by atoms with Crippen molar-refractivity contribution in [3.8, 4) is 0 Å². The van der Waals surface area contributed by atoms with Gasteiger partial charge in [0.05, 0.1) is 12.1 Å². The highest BCUT2D eigenvalue weighted by molar-refractivity contribution is 5.92. The Bertz CT molecular complexity index is 185.